The summed E-state index contributed by atoms with van der Waals surface area (Å²) in [5.74, 6) is -1.22. The van der Waals surface area contributed by atoms with Crippen LogP contribution in [-0.2, 0) is 16.0 Å². The summed E-state index contributed by atoms with van der Waals surface area (Å²) in [6, 6.07) is 12.7. The van der Waals surface area contributed by atoms with Crippen molar-refractivity contribution in [3.05, 3.63) is 66.1 Å². The number of benzene rings is 2. The molecule has 0 fully saturated rings. The van der Waals surface area contributed by atoms with Crippen molar-refractivity contribution in [3.63, 3.8) is 0 Å². The molecule has 5 nitrogen and oxygen atoms in total. The molecule has 3 rings (SSSR count). The van der Waals surface area contributed by atoms with Crippen LogP contribution in [0.2, 0.25) is 0 Å². The Balaban J connectivity index is 1.55. The van der Waals surface area contributed by atoms with Crippen molar-refractivity contribution >= 4 is 34.5 Å². The van der Waals surface area contributed by atoms with Crippen LogP contribution in [0.5, 0.6) is 0 Å². The number of aliphatic carboxylic acids is 1. The molecule has 1 aromatic heterocycles. The zero-order valence-electron chi connectivity index (χ0n) is 14.4. The molecule has 0 bridgehead atoms. The van der Waals surface area contributed by atoms with E-state index in [9.17, 15) is 19.1 Å². The third kappa shape index (κ3) is 5.10. The van der Waals surface area contributed by atoms with E-state index in [0.29, 0.717) is 5.75 Å². The molecular weight excluding hydrogens is 367 g/mol. The van der Waals surface area contributed by atoms with Crippen LogP contribution in [0.25, 0.3) is 10.9 Å². The first-order valence-corrected chi connectivity index (χ1v) is 9.47. The van der Waals surface area contributed by atoms with Gasteiger partial charge in [0, 0.05) is 40.6 Å². The summed E-state index contributed by atoms with van der Waals surface area (Å²) < 4.78 is 12.9. The first-order valence-electron chi connectivity index (χ1n) is 8.48. The third-order valence-electron chi connectivity index (χ3n) is 4.14. The number of hydrogen-bond acceptors (Lipinski definition) is 3. The number of carbonyl (C=O) groups is 2. The monoisotopic (exact) mass is 386 g/mol. The Morgan fingerprint density at radius 1 is 1.15 bits per heavy atom. The van der Waals surface area contributed by atoms with Crippen molar-refractivity contribution < 1.29 is 19.1 Å². The molecule has 3 aromatic rings. The number of thioether (sulfide) groups is 1. The average Bonchev–Trinajstić information content (AvgIpc) is 3.06. The van der Waals surface area contributed by atoms with Crippen LogP contribution in [0.3, 0.4) is 0 Å². The number of fused-ring (bicyclic) bond motifs is 1. The van der Waals surface area contributed by atoms with Crippen LogP contribution in [0, 0.1) is 5.82 Å². The molecule has 1 amide bonds. The predicted octanol–water partition coefficient (Wildman–Crippen LogP) is 3.60. The van der Waals surface area contributed by atoms with E-state index in [1.807, 2.05) is 24.3 Å². The quantitative estimate of drug-likeness (QED) is 0.517. The highest BCUT2D eigenvalue weighted by molar-refractivity contribution is 7.99. The molecule has 0 spiro atoms. The van der Waals surface area contributed by atoms with Crippen LogP contribution in [0.4, 0.5) is 4.39 Å². The molecule has 3 N–H and O–H groups in total. The van der Waals surface area contributed by atoms with E-state index in [4.69, 9.17) is 0 Å². The van der Waals surface area contributed by atoms with E-state index in [-0.39, 0.29) is 24.6 Å². The van der Waals surface area contributed by atoms with Crippen molar-refractivity contribution in [1.29, 1.82) is 0 Å². The molecule has 0 aliphatic rings. The van der Waals surface area contributed by atoms with Gasteiger partial charge in [-0.25, -0.2) is 9.18 Å². The summed E-state index contributed by atoms with van der Waals surface area (Å²) in [4.78, 5) is 27.7. The third-order valence-corrected chi connectivity index (χ3v) is 5.16. The van der Waals surface area contributed by atoms with Crippen LogP contribution in [0.15, 0.2) is 59.6 Å². The van der Waals surface area contributed by atoms with Crippen molar-refractivity contribution in [3.8, 4) is 0 Å². The molecule has 1 heterocycles. The van der Waals surface area contributed by atoms with Gasteiger partial charge in [0.15, 0.2) is 0 Å². The minimum Gasteiger partial charge on any atom is -0.480 e. The molecule has 2 aromatic carbocycles. The fourth-order valence-corrected chi connectivity index (χ4v) is 3.63. The largest absolute Gasteiger partial charge is 0.480 e. The van der Waals surface area contributed by atoms with Gasteiger partial charge in [0.25, 0.3) is 0 Å². The van der Waals surface area contributed by atoms with Crippen LogP contribution < -0.4 is 5.32 Å². The zero-order valence-corrected chi connectivity index (χ0v) is 15.3. The number of halogens is 1. The number of nitrogens with one attached hydrogen (secondary N) is 2. The summed E-state index contributed by atoms with van der Waals surface area (Å²) in [5.41, 5.74) is 1.78. The van der Waals surface area contributed by atoms with Crippen LogP contribution in [0.1, 0.15) is 12.0 Å². The van der Waals surface area contributed by atoms with Crippen molar-refractivity contribution in [2.24, 2.45) is 0 Å². The van der Waals surface area contributed by atoms with Gasteiger partial charge in [-0.1, -0.05) is 18.2 Å². The van der Waals surface area contributed by atoms with Gasteiger partial charge in [0.2, 0.25) is 5.91 Å². The van der Waals surface area contributed by atoms with E-state index in [1.165, 1.54) is 23.9 Å². The number of aromatic amines is 1. The van der Waals surface area contributed by atoms with E-state index in [2.05, 4.69) is 10.3 Å². The predicted molar refractivity (Wildman–Crippen MR) is 103 cm³/mol. The van der Waals surface area contributed by atoms with E-state index in [1.54, 1.807) is 18.3 Å². The minimum atomic E-state index is -1.07. The maximum absolute atomic E-state index is 12.9. The topological polar surface area (TPSA) is 82.2 Å². The maximum atomic E-state index is 12.9. The second-order valence-corrected chi connectivity index (χ2v) is 7.24. The Bertz CT molecular complexity index is 940. The maximum Gasteiger partial charge on any atom is 0.326 e. The smallest absolute Gasteiger partial charge is 0.326 e. The zero-order chi connectivity index (χ0) is 19.2. The molecule has 1 atom stereocenters. The number of hydrogen-bond donors (Lipinski definition) is 3. The number of para-hydroxylation sites is 1. The van der Waals surface area contributed by atoms with Gasteiger partial charge in [-0.2, -0.15) is 0 Å². The summed E-state index contributed by atoms with van der Waals surface area (Å²) in [5, 5.41) is 13.0. The summed E-state index contributed by atoms with van der Waals surface area (Å²) >= 11 is 1.42. The molecule has 0 radical (unpaired) electrons. The van der Waals surface area contributed by atoms with Gasteiger partial charge in [-0.05, 0) is 35.9 Å². The van der Waals surface area contributed by atoms with Gasteiger partial charge in [-0.3, -0.25) is 4.79 Å². The summed E-state index contributed by atoms with van der Waals surface area (Å²) in [6.45, 7) is 0. The van der Waals surface area contributed by atoms with Gasteiger partial charge in [-0.15, -0.1) is 11.8 Å². The van der Waals surface area contributed by atoms with Crippen molar-refractivity contribution in [2.75, 3.05) is 5.75 Å². The fraction of sp³-hybridized carbons (Fsp3) is 0.200. The number of carbonyl (C=O) groups excluding carboxylic acids is 1. The normalized spacial score (nSPS) is 12.0. The number of carboxylic acids is 1. The lowest BCUT2D eigenvalue weighted by Crippen LogP contribution is -2.42. The van der Waals surface area contributed by atoms with Crippen LogP contribution in [-0.4, -0.2) is 33.8 Å². The molecule has 0 unspecified atom stereocenters. The van der Waals surface area contributed by atoms with E-state index in [0.717, 1.165) is 21.4 Å². The standard InChI is InChI=1S/C20H19FN2O3S/c21-14-5-7-15(8-6-14)27-10-9-19(24)23-18(20(25)26)11-13-12-22-17-4-2-1-3-16(13)17/h1-8,12,18,22H,9-11H2,(H,23,24)(H,25,26)/t18-/m0/s1. The number of H-pyrrole nitrogens is 1. The Morgan fingerprint density at radius 3 is 2.63 bits per heavy atom. The summed E-state index contributed by atoms with van der Waals surface area (Å²) in [6.07, 6.45) is 2.16. The Labute approximate surface area is 160 Å². The highest BCUT2D eigenvalue weighted by atomic mass is 32.2. The molecular formula is C20H19FN2O3S. The second-order valence-electron chi connectivity index (χ2n) is 6.07. The van der Waals surface area contributed by atoms with Crippen LogP contribution >= 0.6 is 11.8 Å². The fourth-order valence-electron chi connectivity index (χ4n) is 2.78. The molecule has 0 aliphatic carbocycles. The Kier molecular flexibility index (Phi) is 6.13. The average molecular weight is 386 g/mol. The SMILES string of the molecule is O=C(CCSc1ccc(F)cc1)N[C@@H](Cc1c[nH]c2ccccc12)C(=O)O. The minimum absolute atomic E-state index is 0.180. The van der Waals surface area contributed by atoms with Crippen molar-refractivity contribution in [1.82, 2.24) is 10.3 Å². The molecule has 0 saturated heterocycles. The molecule has 27 heavy (non-hydrogen) atoms. The van der Waals surface area contributed by atoms with E-state index < -0.39 is 12.0 Å². The van der Waals surface area contributed by atoms with E-state index >= 15 is 0 Å². The highest BCUT2D eigenvalue weighted by Gasteiger charge is 2.21. The molecule has 0 saturated carbocycles. The Morgan fingerprint density at radius 2 is 1.89 bits per heavy atom. The lowest BCUT2D eigenvalue weighted by Gasteiger charge is -2.14. The number of amides is 1. The first kappa shape index (κ1) is 19.0. The van der Waals surface area contributed by atoms with Gasteiger partial charge in [0.1, 0.15) is 11.9 Å². The second kappa shape index (κ2) is 8.73. The van der Waals surface area contributed by atoms with Gasteiger partial charge in [0.05, 0.1) is 0 Å². The molecule has 140 valence electrons. The number of rotatable bonds is 8. The molecule has 7 heteroatoms. The number of carboxylic acid groups (broad SMARTS) is 1. The first-order chi connectivity index (χ1) is 13.0. The van der Waals surface area contributed by atoms with Gasteiger partial charge >= 0.3 is 5.97 Å². The molecule has 0 aliphatic heterocycles. The lowest BCUT2D eigenvalue weighted by molar-refractivity contribution is -0.141. The van der Waals surface area contributed by atoms with Gasteiger partial charge < -0.3 is 15.4 Å². The summed E-state index contributed by atoms with van der Waals surface area (Å²) in [7, 11) is 0. The lowest BCUT2D eigenvalue weighted by atomic mass is 10.0. The Hall–Kier alpha value is -2.80. The number of aromatic nitrogens is 1. The highest BCUT2D eigenvalue weighted by Crippen LogP contribution is 2.20. The van der Waals surface area contributed by atoms with Crippen molar-refractivity contribution in [2.45, 2.75) is 23.8 Å².